The maximum absolute atomic E-state index is 11.9. The van der Waals surface area contributed by atoms with Gasteiger partial charge >= 0.3 is 0 Å². The summed E-state index contributed by atoms with van der Waals surface area (Å²) in [7, 11) is 1.52. The predicted octanol–water partition coefficient (Wildman–Crippen LogP) is 2.31. The molecule has 0 bridgehead atoms. The SMILES string of the molecule is COc1cc(C)n(CCNC(=O)c2ccc(Cl)s2)c(=O)c1. The number of pyridine rings is 1. The molecule has 112 valence electrons. The van der Waals surface area contributed by atoms with E-state index < -0.39 is 0 Å². The molecule has 0 unspecified atom stereocenters. The molecule has 0 aliphatic heterocycles. The minimum absolute atomic E-state index is 0.153. The van der Waals surface area contributed by atoms with Crippen LogP contribution >= 0.6 is 22.9 Å². The van der Waals surface area contributed by atoms with Crippen molar-refractivity contribution in [3.63, 3.8) is 0 Å². The Morgan fingerprint density at radius 3 is 2.76 bits per heavy atom. The second kappa shape index (κ2) is 6.78. The first-order valence-electron chi connectivity index (χ1n) is 6.30. The molecule has 1 amide bonds. The van der Waals surface area contributed by atoms with Gasteiger partial charge in [0.05, 0.1) is 16.3 Å². The highest BCUT2D eigenvalue weighted by Crippen LogP contribution is 2.20. The molecule has 21 heavy (non-hydrogen) atoms. The number of rotatable bonds is 5. The Hall–Kier alpha value is -1.79. The van der Waals surface area contributed by atoms with E-state index in [9.17, 15) is 9.59 Å². The molecule has 0 atom stereocenters. The minimum atomic E-state index is -0.189. The van der Waals surface area contributed by atoms with Crippen LogP contribution in [0.1, 0.15) is 15.4 Å². The molecule has 0 radical (unpaired) electrons. The lowest BCUT2D eigenvalue weighted by molar-refractivity contribution is 0.0956. The number of hydrogen-bond acceptors (Lipinski definition) is 4. The molecule has 0 saturated heterocycles. The molecule has 0 fully saturated rings. The third-order valence-corrected chi connectivity index (χ3v) is 4.19. The minimum Gasteiger partial charge on any atom is -0.496 e. The van der Waals surface area contributed by atoms with Crippen LogP contribution in [-0.2, 0) is 6.54 Å². The summed E-state index contributed by atoms with van der Waals surface area (Å²) in [6, 6.07) is 6.56. The van der Waals surface area contributed by atoms with Crippen LogP contribution in [0.15, 0.2) is 29.1 Å². The summed E-state index contributed by atoms with van der Waals surface area (Å²) < 4.78 is 7.20. The van der Waals surface area contributed by atoms with Crippen molar-refractivity contribution in [2.75, 3.05) is 13.7 Å². The molecule has 0 aliphatic rings. The monoisotopic (exact) mass is 326 g/mol. The summed E-state index contributed by atoms with van der Waals surface area (Å²) in [5.74, 6) is 0.345. The number of aryl methyl sites for hydroxylation is 1. The van der Waals surface area contributed by atoms with E-state index >= 15 is 0 Å². The lowest BCUT2D eigenvalue weighted by Gasteiger charge is -2.11. The van der Waals surface area contributed by atoms with Gasteiger partial charge in [0.2, 0.25) is 0 Å². The molecule has 2 aromatic rings. The first kappa shape index (κ1) is 15.6. The van der Waals surface area contributed by atoms with E-state index in [1.165, 1.54) is 24.5 Å². The van der Waals surface area contributed by atoms with Crippen molar-refractivity contribution in [1.29, 1.82) is 0 Å². The number of nitrogens with one attached hydrogen (secondary N) is 1. The van der Waals surface area contributed by atoms with Crippen LogP contribution in [-0.4, -0.2) is 24.1 Å². The van der Waals surface area contributed by atoms with Gasteiger partial charge in [-0.25, -0.2) is 0 Å². The highest BCUT2D eigenvalue weighted by atomic mass is 35.5. The van der Waals surface area contributed by atoms with Gasteiger partial charge in [0.25, 0.3) is 11.5 Å². The molecular formula is C14H15ClN2O3S. The Kier molecular flexibility index (Phi) is 5.03. The van der Waals surface area contributed by atoms with Gasteiger partial charge in [0, 0.05) is 24.8 Å². The Balaban J connectivity index is 1.98. The highest BCUT2D eigenvalue weighted by Gasteiger charge is 2.09. The third-order valence-electron chi connectivity index (χ3n) is 2.96. The number of hydrogen-bond donors (Lipinski definition) is 1. The maximum atomic E-state index is 11.9. The smallest absolute Gasteiger partial charge is 0.261 e. The molecule has 2 aromatic heterocycles. The Morgan fingerprint density at radius 1 is 1.43 bits per heavy atom. The molecule has 0 aliphatic carbocycles. The van der Waals surface area contributed by atoms with Crippen molar-refractivity contribution in [1.82, 2.24) is 9.88 Å². The van der Waals surface area contributed by atoms with Crippen LogP contribution in [0.4, 0.5) is 0 Å². The van der Waals surface area contributed by atoms with E-state index in [1.807, 2.05) is 6.92 Å². The summed E-state index contributed by atoms with van der Waals surface area (Å²) >= 11 is 7.01. The first-order chi connectivity index (χ1) is 10.0. The van der Waals surface area contributed by atoms with Crippen molar-refractivity contribution in [3.05, 3.63) is 49.5 Å². The van der Waals surface area contributed by atoms with E-state index in [-0.39, 0.29) is 11.5 Å². The van der Waals surface area contributed by atoms with Gasteiger partial charge < -0.3 is 14.6 Å². The van der Waals surface area contributed by atoms with Gasteiger partial charge in [-0.05, 0) is 25.1 Å². The number of ether oxygens (including phenoxy) is 1. The van der Waals surface area contributed by atoms with E-state index in [0.29, 0.717) is 28.1 Å². The number of carbonyl (C=O) groups excluding carboxylic acids is 1. The molecule has 2 heterocycles. The lowest BCUT2D eigenvalue weighted by atomic mass is 10.3. The second-order valence-electron chi connectivity index (χ2n) is 4.39. The van der Waals surface area contributed by atoms with Gasteiger partial charge in [-0.3, -0.25) is 9.59 Å². The van der Waals surface area contributed by atoms with Crippen LogP contribution in [0, 0.1) is 6.92 Å². The summed E-state index contributed by atoms with van der Waals surface area (Å²) in [5.41, 5.74) is 0.632. The predicted molar refractivity (Wildman–Crippen MR) is 83.7 cm³/mol. The zero-order valence-corrected chi connectivity index (χ0v) is 13.3. The zero-order valence-electron chi connectivity index (χ0n) is 11.7. The summed E-state index contributed by atoms with van der Waals surface area (Å²) in [6.07, 6.45) is 0. The first-order valence-corrected chi connectivity index (χ1v) is 7.49. The number of carbonyl (C=O) groups is 1. The van der Waals surface area contributed by atoms with Crippen LogP contribution in [0.3, 0.4) is 0 Å². The summed E-state index contributed by atoms with van der Waals surface area (Å²) in [5, 5.41) is 2.77. The van der Waals surface area contributed by atoms with Crippen molar-refractivity contribution < 1.29 is 9.53 Å². The largest absolute Gasteiger partial charge is 0.496 e. The number of nitrogens with zero attached hydrogens (tertiary/aromatic N) is 1. The van der Waals surface area contributed by atoms with Crippen LogP contribution in [0.25, 0.3) is 0 Å². The van der Waals surface area contributed by atoms with Crippen molar-refractivity contribution >= 4 is 28.8 Å². The maximum Gasteiger partial charge on any atom is 0.261 e. The van der Waals surface area contributed by atoms with E-state index in [0.717, 1.165) is 5.69 Å². The molecule has 0 spiro atoms. The fourth-order valence-electron chi connectivity index (χ4n) is 1.91. The Labute approximate surface area is 131 Å². The quantitative estimate of drug-likeness (QED) is 0.917. The topological polar surface area (TPSA) is 60.3 Å². The summed E-state index contributed by atoms with van der Waals surface area (Å²) in [4.78, 5) is 24.3. The molecular weight excluding hydrogens is 312 g/mol. The van der Waals surface area contributed by atoms with Gasteiger partial charge in [-0.2, -0.15) is 0 Å². The van der Waals surface area contributed by atoms with Gasteiger partial charge in [-0.15, -0.1) is 11.3 Å². The van der Waals surface area contributed by atoms with E-state index in [4.69, 9.17) is 16.3 Å². The lowest BCUT2D eigenvalue weighted by Crippen LogP contribution is -2.31. The van der Waals surface area contributed by atoms with Crippen LogP contribution in [0.2, 0.25) is 4.34 Å². The molecule has 1 N–H and O–H groups in total. The molecule has 0 saturated carbocycles. The van der Waals surface area contributed by atoms with Gasteiger partial charge in [0.15, 0.2) is 0 Å². The summed E-state index contributed by atoms with van der Waals surface area (Å²) in [6.45, 7) is 2.59. The van der Waals surface area contributed by atoms with Crippen LogP contribution in [0.5, 0.6) is 5.75 Å². The fourth-order valence-corrected chi connectivity index (χ4v) is 2.87. The Morgan fingerprint density at radius 2 is 2.19 bits per heavy atom. The highest BCUT2D eigenvalue weighted by molar-refractivity contribution is 7.17. The molecule has 5 nitrogen and oxygen atoms in total. The van der Waals surface area contributed by atoms with E-state index in [1.54, 1.807) is 22.8 Å². The molecule has 0 aromatic carbocycles. The van der Waals surface area contributed by atoms with Gasteiger partial charge in [0.1, 0.15) is 5.75 Å². The van der Waals surface area contributed by atoms with Crippen molar-refractivity contribution in [3.8, 4) is 5.75 Å². The van der Waals surface area contributed by atoms with Crippen molar-refractivity contribution in [2.24, 2.45) is 0 Å². The van der Waals surface area contributed by atoms with Crippen LogP contribution < -0.4 is 15.6 Å². The van der Waals surface area contributed by atoms with Crippen molar-refractivity contribution in [2.45, 2.75) is 13.5 Å². The number of halogens is 1. The average Bonchev–Trinajstić information content (AvgIpc) is 2.88. The zero-order chi connectivity index (χ0) is 15.4. The second-order valence-corrected chi connectivity index (χ2v) is 6.10. The number of amides is 1. The standard InChI is InChI=1S/C14H15ClN2O3S/c1-9-7-10(20-2)8-13(18)17(9)6-5-16-14(19)11-3-4-12(15)21-11/h3-4,7-8H,5-6H2,1-2H3,(H,16,19). The normalized spacial score (nSPS) is 10.4. The molecule has 7 heteroatoms. The fraction of sp³-hybridized carbons (Fsp3) is 0.286. The number of thiophene rings is 1. The Bertz CT molecular complexity index is 708. The molecule has 2 rings (SSSR count). The van der Waals surface area contributed by atoms with Gasteiger partial charge in [-0.1, -0.05) is 11.6 Å². The van der Waals surface area contributed by atoms with E-state index in [2.05, 4.69) is 5.32 Å². The average molecular weight is 327 g/mol. The number of methoxy groups -OCH3 is 1. The number of aromatic nitrogens is 1. The third kappa shape index (κ3) is 3.86.